The Morgan fingerprint density at radius 2 is 2.04 bits per heavy atom. The number of nitrogens with zero attached hydrogens (tertiary/aromatic N) is 4. The minimum atomic E-state index is -0.301. The summed E-state index contributed by atoms with van der Waals surface area (Å²) in [7, 11) is 3.82. The van der Waals surface area contributed by atoms with Crippen LogP contribution in [-0.4, -0.2) is 26.3 Å². The molecule has 126 valence electrons. The fourth-order valence-corrected chi connectivity index (χ4v) is 4.19. The van der Waals surface area contributed by atoms with E-state index < -0.39 is 0 Å². The lowest BCUT2D eigenvalue weighted by molar-refractivity contribution is 0.246. The zero-order chi connectivity index (χ0) is 17.3. The van der Waals surface area contributed by atoms with E-state index in [0.29, 0.717) is 22.8 Å². The predicted molar refractivity (Wildman–Crippen MR) is 101 cm³/mol. The molecule has 0 amide bonds. The molecule has 0 spiro atoms. The van der Waals surface area contributed by atoms with Crippen molar-refractivity contribution in [1.29, 1.82) is 0 Å². The Bertz CT molecular complexity index is 915. The van der Waals surface area contributed by atoms with Crippen LogP contribution in [0.4, 0.5) is 4.39 Å². The van der Waals surface area contributed by atoms with E-state index >= 15 is 0 Å². The van der Waals surface area contributed by atoms with Crippen LogP contribution in [0.2, 0.25) is 0 Å². The summed E-state index contributed by atoms with van der Waals surface area (Å²) in [6.45, 7) is 1.33. The van der Waals surface area contributed by atoms with E-state index in [2.05, 4.69) is 32.0 Å². The van der Waals surface area contributed by atoms with Gasteiger partial charge in [-0.3, -0.25) is 4.90 Å². The highest BCUT2D eigenvalue weighted by molar-refractivity contribution is 9.11. The van der Waals surface area contributed by atoms with Crippen molar-refractivity contribution < 1.29 is 4.39 Å². The third-order valence-corrected chi connectivity index (χ3v) is 5.68. The molecule has 0 bridgehead atoms. The van der Waals surface area contributed by atoms with Gasteiger partial charge in [0.05, 0.1) is 16.0 Å². The van der Waals surface area contributed by atoms with E-state index in [1.807, 2.05) is 20.2 Å². The first kappa shape index (κ1) is 17.5. The van der Waals surface area contributed by atoms with Gasteiger partial charge in [0, 0.05) is 18.5 Å². The van der Waals surface area contributed by atoms with Crippen molar-refractivity contribution in [3.8, 4) is 11.4 Å². The fraction of sp³-hybridized carbons (Fsp3) is 0.250. The van der Waals surface area contributed by atoms with Crippen LogP contribution < -0.4 is 0 Å². The maximum atomic E-state index is 14.0. The van der Waals surface area contributed by atoms with Gasteiger partial charge in [-0.1, -0.05) is 12.1 Å². The Balaban J connectivity index is 1.83. The van der Waals surface area contributed by atoms with Gasteiger partial charge in [0.1, 0.15) is 5.82 Å². The molecule has 3 rings (SSSR count). The molecule has 1 aromatic carbocycles. The maximum Gasteiger partial charge on any atom is 0.199 e. The summed E-state index contributed by atoms with van der Waals surface area (Å²) in [6, 6.07) is 10.7. The normalized spacial score (nSPS) is 11.4. The van der Waals surface area contributed by atoms with Crippen LogP contribution >= 0.6 is 39.5 Å². The van der Waals surface area contributed by atoms with Gasteiger partial charge in [-0.05, 0) is 59.5 Å². The summed E-state index contributed by atoms with van der Waals surface area (Å²) < 4.78 is 19.2. The zero-order valence-corrected chi connectivity index (χ0v) is 16.5. The lowest BCUT2D eigenvalue weighted by Gasteiger charge is -2.15. The van der Waals surface area contributed by atoms with Crippen LogP contribution in [0.5, 0.6) is 0 Å². The quantitative estimate of drug-likeness (QED) is 0.554. The highest BCUT2D eigenvalue weighted by Gasteiger charge is 2.14. The van der Waals surface area contributed by atoms with Gasteiger partial charge in [0.2, 0.25) is 0 Å². The second-order valence-electron chi connectivity index (χ2n) is 5.51. The fourth-order valence-electron chi connectivity index (χ4n) is 2.44. The van der Waals surface area contributed by atoms with Gasteiger partial charge < -0.3 is 4.57 Å². The summed E-state index contributed by atoms with van der Waals surface area (Å²) in [5, 5.41) is 4.52. The average molecular weight is 427 g/mol. The lowest BCUT2D eigenvalue weighted by Crippen LogP contribution is -2.22. The van der Waals surface area contributed by atoms with Crippen LogP contribution in [0.15, 0.2) is 40.2 Å². The van der Waals surface area contributed by atoms with Gasteiger partial charge >= 0.3 is 0 Å². The number of hydrogen-bond donors (Lipinski definition) is 0. The molecule has 8 heteroatoms. The number of thiophene rings is 1. The summed E-state index contributed by atoms with van der Waals surface area (Å²) in [4.78, 5) is 3.37. The first-order valence-electron chi connectivity index (χ1n) is 7.27. The molecule has 24 heavy (non-hydrogen) atoms. The van der Waals surface area contributed by atoms with Crippen molar-refractivity contribution in [2.75, 3.05) is 7.05 Å². The van der Waals surface area contributed by atoms with Gasteiger partial charge in [-0.25, -0.2) is 9.07 Å². The molecule has 0 radical (unpaired) electrons. The van der Waals surface area contributed by atoms with E-state index in [1.165, 1.54) is 10.9 Å². The summed E-state index contributed by atoms with van der Waals surface area (Å²) in [6.07, 6.45) is 0. The first-order chi connectivity index (χ1) is 11.5. The third-order valence-electron chi connectivity index (χ3n) is 3.59. The zero-order valence-electron chi connectivity index (χ0n) is 13.2. The molecule has 0 fully saturated rings. The minimum absolute atomic E-state index is 0.301. The topological polar surface area (TPSA) is 26.0 Å². The molecule has 0 aliphatic heterocycles. The smallest absolute Gasteiger partial charge is 0.199 e. The number of rotatable bonds is 5. The Labute approximate surface area is 157 Å². The number of aromatic nitrogens is 3. The van der Waals surface area contributed by atoms with Crippen LogP contribution in [0.1, 0.15) is 4.88 Å². The number of hydrogen-bond acceptors (Lipinski definition) is 4. The summed E-state index contributed by atoms with van der Waals surface area (Å²) in [5.74, 6) is 0.231. The summed E-state index contributed by atoms with van der Waals surface area (Å²) >= 11 is 10.6. The minimum Gasteiger partial charge on any atom is -0.303 e. The van der Waals surface area contributed by atoms with Gasteiger partial charge in [-0.15, -0.1) is 11.3 Å². The van der Waals surface area contributed by atoms with E-state index in [9.17, 15) is 4.39 Å². The monoisotopic (exact) mass is 426 g/mol. The molecule has 0 unspecified atom stereocenters. The molecular weight excluding hydrogens is 411 g/mol. The van der Waals surface area contributed by atoms with Crippen molar-refractivity contribution in [3.63, 3.8) is 0 Å². The van der Waals surface area contributed by atoms with Crippen LogP contribution in [0, 0.1) is 10.6 Å². The maximum absolute atomic E-state index is 14.0. The van der Waals surface area contributed by atoms with Gasteiger partial charge in [0.15, 0.2) is 10.6 Å². The van der Waals surface area contributed by atoms with E-state index in [1.54, 1.807) is 38.8 Å². The first-order valence-corrected chi connectivity index (χ1v) is 9.29. The molecule has 3 aromatic rings. The SMILES string of the molecule is CN(Cc1ccc(Br)s1)Cn1nc(-c2ccccc2F)n(C)c1=S. The Morgan fingerprint density at radius 1 is 1.29 bits per heavy atom. The van der Waals surface area contributed by atoms with Crippen molar-refractivity contribution in [2.24, 2.45) is 7.05 Å². The van der Waals surface area contributed by atoms with Gasteiger partial charge in [-0.2, -0.15) is 5.10 Å². The second kappa shape index (κ2) is 7.26. The molecule has 0 atom stereocenters. The second-order valence-corrected chi connectivity index (χ2v) is 8.42. The van der Waals surface area contributed by atoms with Crippen molar-refractivity contribution in [2.45, 2.75) is 13.2 Å². The standard InChI is InChI=1S/C16H16BrFN4S2/c1-20(9-11-7-8-14(17)24-11)10-22-16(23)21(2)15(19-22)12-5-3-4-6-13(12)18/h3-8H,9-10H2,1-2H3. The van der Waals surface area contributed by atoms with E-state index in [0.717, 1.165) is 10.3 Å². The molecule has 0 saturated carbocycles. The average Bonchev–Trinajstić information content (AvgIpc) is 3.06. The third kappa shape index (κ3) is 3.66. The molecule has 2 heterocycles. The van der Waals surface area contributed by atoms with E-state index in [-0.39, 0.29) is 5.82 Å². The largest absolute Gasteiger partial charge is 0.303 e. The molecular formula is C16H16BrFN4S2. The molecule has 4 nitrogen and oxygen atoms in total. The molecule has 2 aromatic heterocycles. The Morgan fingerprint density at radius 3 is 2.71 bits per heavy atom. The summed E-state index contributed by atoms with van der Waals surface area (Å²) in [5.41, 5.74) is 0.453. The lowest BCUT2D eigenvalue weighted by atomic mass is 10.2. The van der Waals surface area contributed by atoms with Crippen molar-refractivity contribution in [1.82, 2.24) is 19.2 Å². The van der Waals surface area contributed by atoms with Crippen molar-refractivity contribution in [3.05, 3.63) is 55.7 Å². The highest BCUT2D eigenvalue weighted by Crippen LogP contribution is 2.24. The molecule has 0 saturated heterocycles. The predicted octanol–water partition coefficient (Wildman–Crippen LogP) is 4.67. The number of halogens is 2. The van der Waals surface area contributed by atoms with Gasteiger partial charge in [0.25, 0.3) is 0 Å². The molecule has 0 aliphatic rings. The van der Waals surface area contributed by atoms with Crippen LogP contribution in [-0.2, 0) is 20.3 Å². The van der Waals surface area contributed by atoms with Crippen LogP contribution in [0.3, 0.4) is 0 Å². The molecule has 0 aliphatic carbocycles. The van der Waals surface area contributed by atoms with E-state index in [4.69, 9.17) is 12.2 Å². The van der Waals surface area contributed by atoms with Crippen molar-refractivity contribution >= 4 is 39.5 Å². The van der Waals surface area contributed by atoms with Crippen LogP contribution in [0.25, 0.3) is 11.4 Å². The Kier molecular flexibility index (Phi) is 5.29. The highest BCUT2D eigenvalue weighted by atomic mass is 79.9. The number of benzene rings is 1. The Hall–Kier alpha value is -1.35. The molecule has 0 N–H and O–H groups in total.